The van der Waals surface area contributed by atoms with Crippen LogP contribution in [-0.4, -0.2) is 37.2 Å². The van der Waals surface area contributed by atoms with Gasteiger partial charge in [-0.15, -0.1) is 5.10 Å². The van der Waals surface area contributed by atoms with E-state index in [2.05, 4.69) is 20.8 Å². The number of rotatable bonds is 5. The van der Waals surface area contributed by atoms with Crippen LogP contribution < -0.4 is 5.32 Å². The number of hydrogen-bond acceptors (Lipinski definition) is 5. The third-order valence-corrected chi connectivity index (χ3v) is 2.36. The molecule has 1 aromatic carbocycles. The van der Waals surface area contributed by atoms with Crippen molar-refractivity contribution in [2.75, 3.05) is 0 Å². The molecule has 0 aliphatic rings. The van der Waals surface area contributed by atoms with Gasteiger partial charge in [-0.3, -0.25) is 4.79 Å². The first-order valence-corrected chi connectivity index (χ1v) is 5.45. The lowest BCUT2D eigenvalue weighted by atomic mass is 10.1. The zero-order valence-electron chi connectivity index (χ0n) is 9.85. The van der Waals surface area contributed by atoms with Gasteiger partial charge in [-0.05, 0) is 28.1 Å². The largest absolute Gasteiger partial charge is 0.478 e. The van der Waals surface area contributed by atoms with Crippen molar-refractivity contribution < 1.29 is 14.7 Å². The second-order valence-electron chi connectivity index (χ2n) is 3.79. The van der Waals surface area contributed by atoms with Gasteiger partial charge in [-0.2, -0.15) is 0 Å². The normalized spacial score (nSPS) is 10.1. The molecule has 0 bridgehead atoms. The van der Waals surface area contributed by atoms with E-state index in [4.69, 9.17) is 5.11 Å². The number of carbonyl (C=O) groups excluding carboxylic acids is 1. The minimum Gasteiger partial charge on any atom is -0.478 e. The van der Waals surface area contributed by atoms with E-state index in [0.717, 1.165) is 0 Å². The number of carboxylic acid groups (broad SMARTS) is 1. The van der Waals surface area contributed by atoms with Gasteiger partial charge in [0.1, 0.15) is 12.9 Å². The molecule has 2 rings (SSSR count). The van der Waals surface area contributed by atoms with Crippen molar-refractivity contribution in [2.45, 2.75) is 13.1 Å². The highest BCUT2D eigenvalue weighted by molar-refractivity contribution is 5.87. The Bertz CT molecular complexity index is 582. The average Bonchev–Trinajstić information content (AvgIpc) is 2.89. The quantitative estimate of drug-likeness (QED) is 0.763. The fraction of sp³-hybridized carbons (Fsp3) is 0.182. The maximum absolute atomic E-state index is 11.6. The van der Waals surface area contributed by atoms with Gasteiger partial charge in [0.05, 0.1) is 5.56 Å². The van der Waals surface area contributed by atoms with Crippen molar-refractivity contribution in [3.8, 4) is 0 Å². The van der Waals surface area contributed by atoms with Crippen LogP contribution in [0.25, 0.3) is 0 Å². The lowest BCUT2D eigenvalue weighted by Gasteiger charge is -2.05. The molecule has 0 unspecified atom stereocenters. The van der Waals surface area contributed by atoms with Crippen LogP contribution in [0.3, 0.4) is 0 Å². The maximum atomic E-state index is 11.6. The molecule has 1 heterocycles. The molecular formula is C11H11N5O3. The van der Waals surface area contributed by atoms with Gasteiger partial charge in [0.2, 0.25) is 5.91 Å². The molecule has 8 nitrogen and oxygen atoms in total. The summed E-state index contributed by atoms with van der Waals surface area (Å²) in [5, 5.41) is 21.9. The molecule has 0 fully saturated rings. The molecule has 0 atom stereocenters. The third-order valence-electron chi connectivity index (χ3n) is 2.36. The molecule has 0 aliphatic carbocycles. The van der Waals surface area contributed by atoms with Crippen molar-refractivity contribution in [2.24, 2.45) is 0 Å². The van der Waals surface area contributed by atoms with Crippen molar-refractivity contribution in [3.05, 3.63) is 41.7 Å². The van der Waals surface area contributed by atoms with Gasteiger partial charge in [0.15, 0.2) is 0 Å². The van der Waals surface area contributed by atoms with E-state index in [0.29, 0.717) is 5.56 Å². The van der Waals surface area contributed by atoms with Crippen LogP contribution in [-0.2, 0) is 17.9 Å². The minimum atomic E-state index is -0.998. The summed E-state index contributed by atoms with van der Waals surface area (Å²) in [6, 6.07) is 6.38. The topological polar surface area (TPSA) is 110 Å². The Morgan fingerprint density at radius 1 is 1.37 bits per heavy atom. The van der Waals surface area contributed by atoms with Crippen LogP contribution in [0.1, 0.15) is 15.9 Å². The molecule has 0 radical (unpaired) electrons. The van der Waals surface area contributed by atoms with Gasteiger partial charge in [0.25, 0.3) is 0 Å². The smallest absolute Gasteiger partial charge is 0.335 e. The Morgan fingerprint density at radius 2 is 2.21 bits per heavy atom. The second kappa shape index (κ2) is 5.71. The first-order chi connectivity index (χ1) is 9.15. The Balaban J connectivity index is 1.89. The molecule has 1 aromatic heterocycles. The summed E-state index contributed by atoms with van der Waals surface area (Å²) < 4.78 is 1.29. The zero-order chi connectivity index (χ0) is 13.7. The number of nitrogens with zero attached hydrogens (tertiary/aromatic N) is 4. The van der Waals surface area contributed by atoms with E-state index in [1.54, 1.807) is 12.1 Å². The van der Waals surface area contributed by atoms with Crippen LogP contribution in [0.5, 0.6) is 0 Å². The number of amides is 1. The van der Waals surface area contributed by atoms with Crippen LogP contribution in [0, 0.1) is 0 Å². The molecule has 2 aromatic rings. The van der Waals surface area contributed by atoms with Gasteiger partial charge >= 0.3 is 5.97 Å². The van der Waals surface area contributed by atoms with Crippen LogP contribution in [0.2, 0.25) is 0 Å². The maximum Gasteiger partial charge on any atom is 0.335 e. The van der Waals surface area contributed by atoms with Crippen LogP contribution >= 0.6 is 0 Å². The highest BCUT2D eigenvalue weighted by Gasteiger charge is 2.06. The van der Waals surface area contributed by atoms with Gasteiger partial charge in [-0.25, -0.2) is 9.48 Å². The van der Waals surface area contributed by atoms with Crippen molar-refractivity contribution >= 4 is 11.9 Å². The highest BCUT2D eigenvalue weighted by Crippen LogP contribution is 2.05. The Labute approximate surface area is 108 Å². The summed E-state index contributed by atoms with van der Waals surface area (Å²) in [6.45, 7) is 0.272. The first-order valence-electron chi connectivity index (χ1n) is 5.45. The minimum absolute atomic E-state index is 0.0195. The molecule has 1 amide bonds. The molecular weight excluding hydrogens is 250 g/mol. The zero-order valence-corrected chi connectivity index (χ0v) is 9.85. The number of carbonyl (C=O) groups is 2. The lowest BCUT2D eigenvalue weighted by molar-refractivity contribution is -0.122. The van der Waals surface area contributed by atoms with Crippen molar-refractivity contribution in [1.29, 1.82) is 0 Å². The number of benzene rings is 1. The van der Waals surface area contributed by atoms with E-state index in [-0.39, 0.29) is 24.6 Å². The SMILES string of the molecule is O=C(Cn1cnnn1)NCc1cccc(C(=O)O)c1. The number of aromatic carboxylic acids is 1. The summed E-state index contributed by atoms with van der Waals surface area (Å²) in [6.07, 6.45) is 1.34. The molecule has 0 saturated heterocycles. The third kappa shape index (κ3) is 3.60. The fourth-order valence-electron chi connectivity index (χ4n) is 1.47. The van der Waals surface area contributed by atoms with Crippen molar-refractivity contribution in [3.63, 3.8) is 0 Å². The Morgan fingerprint density at radius 3 is 2.89 bits per heavy atom. The number of carboxylic acids is 1. The van der Waals surface area contributed by atoms with E-state index in [1.165, 1.54) is 23.1 Å². The molecule has 8 heteroatoms. The summed E-state index contributed by atoms with van der Waals surface area (Å²) in [4.78, 5) is 22.3. The predicted molar refractivity (Wildman–Crippen MR) is 63.1 cm³/mol. The van der Waals surface area contributed by atoms with Gasteiger partial charge in [0, 0.05) is 6.54 Å². The number of tetrazole rings is 1. The Kier molecular flexibility index (Phi) is 3.81. The molecule has 19 heavy (non-hydrogen) atoms. The molecule has 0 spiro atoms. The highest BCUT2D eigenvalue weighted by atomic mass is 16.4. The monoisotopic (exact) mass is 261 g/mol. The van der Waals surface area contributed by atoms with E-state index >= 15 is 0 Å². The lowest BCUT2D eigenvalue weighted by Crippen LogP contribution is -2.27. The number of hydrogen-bond donors (Lipinski definition) is 2. The predicted octanol–water partition coefficient (Wildman–Crippen LogP) is -0.312. The summed E-state index contributed by atoms with van der Waals surface area (Å²) >= 11 is 0. The van der Waals surface area contributed by atoms with E-state index < -0.39 is 5.97 Å². The van der Waals surface area contributed by atoms with Gasteiger partial charge < -0.3 is 10.4 Å². The summed E-state index contributed by atoms with van der Waals surface area (Å²) in [5.41, 5.74) is 0.900. The van der Waals surface area contributed by atoms with Gasteiger partial charge in [-0.1, -0.05) is 12.1 Å². The molecule has 0 aliphatic heterocycles. The Hall–Kier alpha value is -2.77. The van der Waals surface area contributed by atoms with Crippen LogP contribution in [0.4, 0.5) is 0 Å². The van der Waals surface area contributed by atoms with Crippen LogP contribution in [0.15, 0.2) is 30.6 Å². The molecule has 0 saturated carbocycles. The van der Waals surface area contributed by atoms with Crippen molar-refractivity contribution in [1.82, 2.24) is 25.5 Å². The molecule has 98 valence electrons. The first kappa shape index (κ1) is 12.7. The number of nitrogens with one attached hydrogen (secondary N) is 1. The molecule has 2 N–H and O–H groups in total. The summed E-state index contributed by atoms with van der Waals surface area (Å²) in [7, 11) is 0. The fourth-order valence-corrected chi connectivity index (χ4v) is 1.47. The standard InChI is InChI=1S/C11H11N5O3/c17-10(6-16-7-13-14-15-16)12-5-8-2-1-3-9(4-8)11(18)19/h1-4,7H,5-6H2,(H,12,17)(H,18,19). The average molecular weight is 261 g/mol. The van der Waals surface area contributed by atoms with E-state index in [1.807, 2.05) is 0 Å². The second-order valence-corrected chi connectivity index (χ2v) is 3.79. The van der Waals surface area contributed by atoms with E-state index in [9.17, 15) is 9.59 Å². The summed E-state index contributed by atoms with van der Waals surface area (Å²) in [5.74, 6) is -1.25. The number of aromatic nitrogens is 4.